The Hall–Kier alpha value is -2.07. The Kier molecular flexibility index (Phi) is 3.48. The molecule has 0 aliphatic carbocycles. The Morgan fingerprint density at radius 2 is 2.11 bits per heavy atom. The first kappa shape index (κ1) is 12.4. The molecule has 0 atom stereocenters. The Bertz CT molecular complexity index is 565. The van der Waals surface area contributed by atoms with Gasteiger partial charge in [0.2, 0.25) is 0 Å². The van der Waals surface area contributed by atoms with Gasteiger partial charge in [-0.1, -0.05) is 23.7 Å². The maximum Gasteiger partial charge on any atom is 0.132 e. The molecule has 0 radical (unpaired) electrons. The quantitative estimate of drug-likeness (QED) is 0.659. The topological polar surface area (TPSA) is 66.0 Å². The second-order valence-corrected chi connectivity index (χ2v) is 4.29. The fourth-order valence-corrected chi connectivity index (χ4v) is 1.69. The van der Waals surface area contributed by atoms with Gasteiger partial charge in [0.25, 0.3) is 0 Å². The van der Waals surface area contributed by atoms with Gasteiger partial charge in [0, 0.05) is 24.5 Å². The van der Waals surface area contributed by atoms with Crippen molar-refractivity contribution < 1.29 is 0 Å². The Labute approximate surface area is 111 Å². The van der Waals surface area contributed by atoms with Crippen molar-refractivity contribution in [3.8, 4) is 0 Å². The lowest BCUT2D eigenvalue weighted by molar-refractivity contribution is 1.13. The molecule has 0 spiro atoms. The highest BCUT2D eigenvalue weighted by atomic mass is 35.5. The average Bonchev–Trinajstić information content (AvgIpc) is 2.39. The molecule has 2 rings (SSSR count). The van der Waals surface area contributed by atoms with Crippen LogP contribution in [0, 0.1) is 5.41 Å². The van der Waals surface area contributed by atoms with Crippen molar-refractivity contribution in [2.45, 2.75) is 0 Å². The van der Waals surface area contributed by atoms with Crippen molar-refractivity contribution in [1.82, 2.24) is 4.98 Å². The molecule has 0 saturated carbocycles. The molecule has 0 unspecified atom stereocenters. The number of rotatable bonds is 3. The fourth-order valence-electron chi connectivity index (χ4n) is 1.58. The Balaban J connectivity index is 2.33. The lowest BCUT2D eigenvalue weighted by Gasteiger charge is -2.18. The van der Waals surface area contributed by atoms with E-state index in [2.05, 4.69) is 4.98 Å². The summed E-state index contributed by atoms with van der Waals surface area (Å²) in [5.74, 6) is 0.828. The zero-order valence-electron chi connectivity index (χ0n) is 9.89. The third kappa shape index (κ3) is 2.60. The number of benzene rings is 1. The summed E-state index contributed by atoms with van der Waals surface area (Å²) >= 11 is 5.80. The number of anilines is 2. The number of hydrogen-bond donors (Lipinski definition) is 2. The van der Waals surface area contributed by atoms with Crippen LogP contribution >= 0.6 is 11.6 Å². The van der Waals surface area contributed by atoms with Gasteiger partial charge in [-0.05, 0) is 24.3 Å². The number of halogens is 1. The molecule has 1 heterocycles. The minimum Gasteiger partial charge on any atom is -0.384 e. The predicted octanol–water partition coefficient (Wildman–Crippen LogP) is 2.79. The monoisotopic (exact) mass is 260 g/mol. The SMILES string of the molecule is CN(c1cccc(C(=N)N)c1)c1ccc(Cl)cn1. The molecule has 2 aromatic rings. The lowest BCUT2D eigenvalue weighted by Crippen LogP contribution is -2.14. The summed E-state index contributed by atoms with van der Waals surface area (Å²) in [7, 11) is 1.90. The van der Waals surface area contributed by atoms with Crippen LogP contribution in [0.3, 0.4) is 0 Å². The number of nitrogens with two attached hydrogens (primary N) is 1. The number of nitrogens with one attached hydrogen (secondary N) is 1. The van der Waals surface area contributed by atoms with Gasteiger partial charge < -0.3 is 10.6 Å². The molecule has 0 bridgehead atoms. The first-order chi connectivity index (χ1) is 8.58. The summed E-state index contributed by atoms with van der Waals surface area (Å²) in [5, 5.41) is 8.03. The van der Waals surface area contributed by atoms with E-state index in [4.69, 9.17) is 22.7 Å². The van der Waals surface area contributed by atoms with Crippen molar-refractivity contribution in [2.75, 3.05) is 11.9 Å². The average molecular weight is 261 g/mol. The molecular formula is C13H13ClN4. The van der Waals surface area contributed by atoms with Crippen LogP contribution in [0.5, 0.6) is 0 Å². The maximum atomic E-state index is 7.43. The summed E-state index contributed by atoms with van der Waals surface area (Å²) < 4.78 is 0. The van der Waals surface area contributed by atoms with Gasteiger partial charge in [-0.2, -0.15) is 0 Å². The van der Waals surface area contributed by atoms with E-state index in [9.17, 15) is 0 Å². The van der Waals surface area contributed by atoms with E-state index in [1.54, 1.807) is 18.3 Å². The van der Waals surface area contributed by atoms with Crippen LogP contribution in [-0.4, -0.2) is 17.9 Å². The number of amidine groups is 1. The standard InChI is InChI=1S/C13H13ClN4/c1-18(12-6-5-10(14)8-17-12)11-4-2-3-9(7-11)13(15)16/h2-8H,1H3,(H3,15,16). The summed E-state index contributed by atoms with van der Waals surface area (Å²) in [6.45, 7) is 0. The molecule has 0 aliphatic heterocycles. The van der Waals surface area contributed by atoms with Crippen LogP contribution < -0.4 is 10.6 Å². The number of hydrogen-bond acceptors (Lipinski definition) is 3. The predicted molar refractivity (Wildman–Crippen MR) is 74.8 cm³/mol. The zero-order valence-corrected chi connectivity index (χ0v) is 10.6. The summed E-state index contributed by atoms with van der Waals surface area (Å²) in [5.41, 5.74) is 7.08. The van der Waals surface area contributed by atoms with E-state index in [-0.39, 0.29) is 5.84 Å². The molecule has 1 aromatic heterocycles. The number of pyridine rings is 1. The van der Waals surface area contributed by atoms with Gasteiger partial charge in [0.15, 0.2) is 0 Å². The highest BCUT2D eigenvalue weighted by Crippen LogP contribution is 2.23. The first-order valence-corrected chi connectivity index (χ1v) is 5.75. The smallest absolute Gasteiger partial charge is 0.132 e. The summed E-state index contributed by atoms with van der Waals surface area (Å²) in [4.78, 5) is 6.14. The van der Waals surface area contributed by atoms with Crippen molar-refractivity contribution in [3.63, 3.8) is 0 Å². The minimum absolute atomic E-state index is 0.0503. The van der Waals surface area contributed by atoms with E-state index in [0.717, 1.165) is 11.5 Å². The van der Waals surface area contributed by atoms with E-state index in [0.29, 0.717) is 10.6 Å². The molecular weight excluding hydrogens is 248 g/mol. The third-order valence-electron chi connectivity index (χ3n) is 2.60. The summed E-state index contributed by atoms with van der Waals surface area (Å²) in [6, 6.07) is 11.1. The molecule has 18 heavy (non-hydrogen) atoms. The van der Waals surface area contributed by atoms with E-state index in [1.807, 2.05) is 36.2 Å². The molecule has 92 valence electrons. The van der Waals surface area contributed by atoms with Gasteiger partial charge in [-0.15, -0.1) is 0 Å². The molecule has 3 N–H and O–H groups in total. The van der Waals surface area contributed by atoms with Crippen LogP contribution in [0.4, 0.5) is 11.5 Å². The first-order valence-electron chi connectivity index (χ1n) is 5.37. The Morgan fingerprint density at radius 3 is 2.72 bits per heavy atom. The zero-order chi connectivity index (χ0) is 13.1. The number of aromatic nitrogens is 1. The third-order valence-corrected chi connectivity index (χ3v) is 2.82. The van der Waals surface area contributed by atoms with Crippen molar-refractivity contribution in [3.05, 3.63) is 53.2 Å². The molecule has 0 aliphatic rings. The van der Waals surface area contributed by atoms with Crippen LogP contribution in [0.25, 0.3) is 0 Å². The van der Waals surface area contributed by atoms with Crippen LogP contribution in [0.1, 0.15) is 5.56 Å². The van der Waals surface area contributed by atoms with Crippen LogP contribution in [0.15, 0.2) is 42.6 Å². The maximum absolute atomic E-state index is 7.43. The largest absolute Gasteiger partial charge is 0.384 e. The van der Waals surface area contributed by atoms with E-state index >= 15 is 0 Å². The van der Waals surface area contributed by atoms with Gasteiger partial charge in [0.05, 0.1) is 5.02 Å². The lowest BCUT2D eigenvalue weighted by atomic mass is 10.2. The van der Waals surface area contributed by atoms with Crippen molar-refractivity contribution in [1.29, 1.82) is 5.41 Å². The van der Waals surface area contributed by atoms with Gasteiger partial charge >= 0.3 is 0 Å². The normalized spacial score (nSPS) is 10.1. The molecule has 4 nitrogen and oxygen atoms in total. The van der Waals surface area contributed by atoms with Crippen LogP contribution in [0.2, 0.25) is 5.02 Å². The molecule has 0 fully saturated rings. The van der Waals surface area contributed by atoms with E-state index in [1.165, 1.54) is 0 Å². The number of nitrogens with zero attached hydrogens (tertiary/aromatic N) is 2. The molecule has 1 aromatic carbocycles. The van der Waals surface area contributed by atoms with Crippen LogP contribution in [-0.2, 0) is 0 Å². The van der Waals surface area contributed by atoms with Crippen molar-refractivity contribution in [2.24, 2.45) is 5.73 Å². The van der Waals surface area contributed by atoms with Crippen molar-refractivity contribution >= 4 is 28.9 Å². The molecule has 5 heteroatoms. The van der Waals surface area contributed by atoms with Gasteiger partial charge in [-0.3, -0.25) is 5.41 Å². The minimum atomic E-state index is 0.0503. The van der Waals surface area contributed by atoms with Gasteiger partial charge in [-0.25, -0.2) is 4.98 Å². The summed E-state index contributed by atoms with van der Waals surface area (Å²) in [6.07, 6.45) is 1.60. The molecule has 0 amide bonds. The highest BCUT2D eigenvalue weighted by Gasteiger charge is 2.06. The second kappa shape index (κ2) is 5.06. The van der Waals surface area contributed by atoms with Gasteiger partial charge in [0.1, 0.15) is 11.7 Å². The Morgan fingerprint density at radius 1 is 1.33 bits per heavy atom. The second-order valence-electron chi connectivity index (χ2n) is 3.86. The number of nitrogen functional groups attached to an aromatic ring is 1. The molecule has 0 saturated heterocycles. The van der Waals surface area contributed by atoms with E-state index < -0.39 is 0 Å². The highest BCUT2D eigenvalue weighted by molar-refractivity contribution is 6.30. The fraction of sp³-hybridized carbons (Fsp3) is 0.0769.